The molecule has 3 aromatic carbocycles. The molecule has 194 valence electrons. The van der Waals surface area contributed by atoms with Crippen molar-refractivity contribution in [2.75, 3.05) is 24.7 Å². The van der Waals surface area contributed by atoms with E-state index in [9.17, 15) is 9.18 Å². The van der Waals surface area contributed by atoms with Gasteiger partial charge in [0.25, 0.3) is 5.91 Å². The third-order valence-corrected chi connectivity index (χ3v) is 9.08. The van der Waals surface area contributed by atoms with Crippen molar-refractivity contribution in [2.45, 2.75) is 18.1 Å². The van der Waals surface area contributed by atoms with E-state index in [0.717, 1.165) is 14.7 Å². The van der Waals surface area contributed by atoms with Crippen molar-refractivity contribution < 1.29 is 23.4 Å². The Morgan fingerprint density at radius 1 is 1.08 bits per heavy atom. The van der Waals surface area contributed by atoms with Gasteiger partial charge in [-0.15, -0.1) is 23.5 Å². The monoisotopic (exact) mass is 652 g/mol. The third-order valence-electron chi connectivity index (χ3n) is 5.17. The van der Waals surface area contributed by atoms with Gasteiger partial charge in [-0.1, -0.05) is 24.3 Å². The molecule has 1 aliphatic rings. The highest BCUT2D eigenvalue weighted by atomic mass is 127. The summed E-state index contributed by atoms with van der Waals surface area (Å²) in [5.74, 6) is 3.50. The van der Waals surface area contributed by atoms with E-state index >= 15 is 0 Å². The standard InChI is InChI=1S/C27H26FIN2O4S2/c1-2-33-24-14-19(13-23(29)26(24)35-16-18-3-7-21(28)8-4-18)15-30-31-25(32)17-34-22-9-5-20(6-10-22)27-36-11-12-37-27/h3-10,13-15,27H,2,11-12,16-17H2,1H3,(H,31,32)/b30-15-. The van der Waals surface area contributed by atoms with Crippen LogP contribution in [-0.4, -0.2) is 36.8 Å². The molecule has 4 rings (SSSR count). The van der Waals surface area contributed by atoms with Gasteiger partial charge in [0, 0.05) is 11.5 Å². The molecule has 0 saturated carbocycles. The Bertz CT molecular complexity index is 1220. The zero-order valence-corrected chi connectivity index (χ0v) is 23.9. The number of amides is 1. The van der Waals surface area contributed by atoms with Gasteiger partial charge in [0.15, 0.2) is 18.1 Å². The number of benzene rings is 3. The van der Waals surface area contributed by atoms with Crippen LogP contribution >= 0.6 is 46.1 Å². The molecule has 1 heterocycles. The van der Waals surface area contributed by atoms with Gasteiger partial charge in [0.2, 0.25) is 0 Å². The highest BCUT2D eigenvalue weighted by Gasteiger charge is 2.18. The van der Waals surface area contributed by atoms with Crippen molar-refractivity contribution in [3.63, 3.8) is 0 Å². The average Bonchev–Trinajstić information content (AvgIpc) is 3.44. The highest BCUT2D eigenvalue weighted by Crippen LogP contribution is 2.45. The first-order chi connectivity index (χ1) is 18.0. The Balaban J connectivity index is 1.30. The van der Waals surface area contributed by atoms with E-state index in [-0.39, 0.29) is 24.9 Å². The molecule has 1 N–H and O–H groups in total. The van der Waals surface area contributed by atoms with Crippen LogP contribution in [0.5, 0.6) is 17.2 Å². The fraction of sp³-hybridized carbons (Fsp3) is 0.259. The topological polar surface area (TPSA) is 69.2 Å². The van der Waals surface area contributed by atoms with E-state index in [0.29, 0.717) is 28.4 Å². The summed E-state index contributed by atoms with van der Waals surface area (Å²) in [5.41, 5.74) is 5.34. The molecule has 0 unspecified atom stereocenters. The predicted molar refractivity (Wildman–Crippen MR) is 156 cm³/mol. The fourth-order valence-corrected chi connectivity index (χ4v) is 7.07. The zero-order valence-electron chi connectivity index (χ0n) is 20.1. The summed E-state index contributed by atoms with van der Waals surface area (Å²) < 4.78 is 31.8. The fourth-order valence-electron chi connectivity index (χ4n) is 3.43. The number of carbonyl (C=O) groups is 1. The second-order valence-corrected chi connectivity index (χ2v) is 11.8. The number of carbonyl (C=O) groups excluding carboxylic acids is 1. The largest absolute Gasteiger partial charge is 0.490 e. The summed E-state index contributed by atoms with van der Waals surface area (Å²) in [6.45, 7) is 2.48. The first kappa shape index (κ1) is 27.6. The van der Waals surface area contributed by atoms with Crippen molar-refractivity contribution in [3.8, 4) is 17.2 Å². The molecule has 37 heavy (non-hydrogen) atoms. The van der Waals surface area contributed by atoms with Crippen LogP contribution in [-0.2, 0) is 11.4 Å². The van der Waals surface area contributed by atoms with E-state index in [1.54, 1.807) is 18.2 Å². The average molecular weight is 653 g/mol. The molecule has 0 spiro atoms. The number of nitrogens with zero attached hydrogens (tertiary/aromatic N) is 1. The Hall–Kier alpha value is -2.44. The number of nitrogens with one attached hydrogen (secondary N) is 1. The minimum Gasteiger partial charge on any atom is -0.490 e. The third kappa shape index (κ3) is 8.27. The Kier molecular flexibility index (Phi) is 10.4. The smallest absolute Gasteiger partial charge is 0.277 e. The van der Waals surface area contributed by atoms with Crippen molar-refractivity contribution >= 4 is 58.2 Å². The lowest BCUT2D eigenvalue weighted by Crippen LogP contribution is -2.24. The first-order valence-corrected chi connectivity index (χ1v) is 14.8. The SMILES string of the molecule is CCOc1cc(/C=N\NC(=O)COc2ccc(C3SCCS3)cc2)cc(I)c1OCc1ccc(F)cc1. The molecule has 3 aromatic rings. The second-order valence-electron chi connectivity index (χ2n) is 7.90. The lowest BCUT2D eigenvalue weighted by atomic mass is 10.2. The number of ether oxygens (including phenoxy) is 3. The summed E-state index contributed by atoms with van der Waals surface area (Å²) in [4.78, 5) is 12.2. The van der Waals surface area contributed by atoms with Gasteiger partial charge in [-0.05, 0) is 82.6 Å². The molecule has 1 fully saturated rings. The second kappa shape index (κ2) is 13.9. The van der Waals surface area contributed by atoms with Crippen molar-refractivity contribution in [1.29, 1.82) is 0 Å². The van der Waals surface area contributed by atoms with Crippen LogP contribution in [0.1, 0.15) is 28.2 Å². The number of hydrogen-bond donors (Lipinski definition) is 1. The van der Waals surface area contributed by atoms with Crippen LogP contribution in [0.15, 0.2) is 65.8 Å². The van der Waals surface area contributed by atoms with Crippen LogP contribution in [0.25, 0.3) is 0 Å². The van der Waals surface area contributed by atoms with E-state index in [1.807, 2.05) is 60.8 Å². The molecule has 0 aromatic heterocycles. The number of hydrazone groups is 1. The van der Waals surface area contributed by atoms with Crippen molar-refractivity contribution in [3.05, 3.63) is 86.7 Å². The first-order valence-electron chi connectivity index (χ1n) is 11.6. The molecule has 1 amide bonds. The summed E-state index contributed by atoms with van der Waals surface area (Å²) in [6, 6.07) is 17.7. The zero-order chi connectivity index (χ0) is 26.0. The highest BCUT2D eigenvalue weighted by molar-refractivity contribution is 14.1. The van der Waals surface area contributed by atoms with Gasteiger partial charge in [-0.2, -0.15) is 5.10 Å². The van der Waals surface area contributed by atoms with Crippen LogP contribution < -0.4 is 19.6 Å². The molecule has 0 aliphatic carbocycles. The minimum absolute atomic E-state index is 0.137. The van der Waals surface area contributed by atoms with E-state index in [1.165, 1.54) is 35.4 Å². The molecule has 0 radical (unpaired) electrons. The van der Waals surface area contributed by atoms with Gasteiger partial charge in [0.05, 0.1) is 21.0 Å². The molecule has 0 atom stereocenters. The van der Waals surface area contributed by atoms with Gasteiger partial charge < -0.3 is 14.2 Å². The molecule has 6 nitrogen and oxygen atoms in total. The number of thioether (sulfide) groups is 2. The van der Waals surface area contributed by atoms with Crippen LogP contribution in [0.4, 0.5) is 4.39 Å². The maximum atomic E-state index is 13.1. The Morgan fingerprint density at radius 3 is 2.51 bits per heavy atom. The number of hydrogen-bond acceptors (Lipinski definition) is 7. The maximum absolute atomic E-state index is 13.1. The molecular formula is C27H26FIN2O4S2. The van der Waals surface area contributed by atoms with Gasteiger partial charge in [-0.3, -0.25) is 4.79 Å². The molecule has 0 bridgehead atoms. The maximum Gasteiger partial charge on any atom is 0.277 e. The van der Waals surface area contributed by atoms with Crippen molar-refractivity contribution in [1.82, 2.24) is 5.43 Å². The quantitative estimate of drug-likeness (QED) is 0.147. The molecular weight excluding hydrogens is 626 g/mol. The molecule has 1 saturated heterocycles. The number of rotatable bonds is 11. The van der Waals surface area contributed by atoms with Crippen LogP contribution in [0.2, 0.25) is 0 Å². The van der Waals surface area contributed by atoms with Gasteiger partial charge in [0.1, 0.15) is 18.2 Å². The predicted octanol–water partition coefficient (Wildman–Crippen LogP) is 6.42. The Morgan fingerprint density at radius 2 is 1.81 bits per heavy atom. The van der Waals surface area contributed by atoms with Crippen LogP contribution in [0, 0.1) is 9.39 Å². The Labute approximate surface area is 237 Å². The lowest BCUT2D eigenvalue weighted by molar-refractivity contribution is -0.123. The van der Waals surface area contributed by atoms with Crippen molar-refractivity contribution in [2.24, 2.45) is 5.10 Å². The molecule has 1 aliphatic heterocycles. The minimum atomic E-state index is -0.360. The van der Waals surface area contributed by atoms with Gasteiger partial charge in [-0.25, -0.2) is 9.82 Å². The van der Waals surface area contributed by atoms with E-state index < -0.39 is 0 Å². The van der Waals surface area contributed by atoms with E-state index in [2.05, 4.69) is 33.1 Å². The lowest BCUT2D eigenvalue weighted by Gasteiger charge is -2.14. The van der Waals surface area contributed by atoms with Crippen LogP contribution in [0.3, 0.4) is 0 Å². The molecule has 10 heteroatoms. The normalized spacial score (nSPS) is 13.6. The summed E-state index contributed by atoms with van der Waals surface area (Å²) >= 11 is 6.06. The summed E-state index contributed by atoms with van der Waals surface area (Å²) in [6.07, 6.45) is 1.54. The summed E-state index contributed by atoms with van der Waals surface area (Å²) in [5, 5.41) is 4.05. The van der Waals surface area contributed by atoms with E-state index in [4.69, 9.17) is 14.2 Å². The number of halogens is 2. The van der Waals surface area contributed by atoms with Gasteiger partial charge >= 0.3 is 0 Å². The summed E-state index contributed by atoms with van der Waals surface area (Å²) in [7, 11) is 0.